The van der Waals surface area contributed by atoms with E-state index >= 15 is 0 Å². The van der Waals surface area contributed by atoms with E-state index < -0.39 is 22.7 Å². The molecule has 2 rings (SSSR count). The van der Waals surface area contributed by atoms with Gasteiger partial charge < -0.3 is 9.64 Å². The predicted octanol–water partition coefficient (Wildman–Crippen LogP) is 3.31. The number of amides is 1. The van der Waals surface area contributed by atoms with E-state index in [4.69, 9.17) is 16.3 Å². The Morgan fingerprint density at radius 1 is 1.46 bits per heavy atom. The second-order valence-electron chi connectivity index (χ2n) is 6.98. The van der Waals surface area contributed by atoms with Gasteiger partial charge in [0.1, 0.15) is 12.4 Å². The first-order chi connectivity index (χ1) is 11.1. The molecule has 1 aromatic carbocycles. The van der Waals surface area contributed by atoms with E-state index in [-0.39, 0.29) is 34.9 Å². The van der Waals surface area contributed by atoms with Crippen molar-refractivity contribution in [2.24, 2.45) is 0 Å². The molecule has 1 saturated heterocycles. The fourth-order valence-electron chi connectivity index (χ4n) is 2.67. The minimum Gasteiger partial charge on any atom is -0.369 e. The lowest BCUT2D eigenvalue weighted by molar-refractivity contribution is -0.151. The third kappa shape index (κ3) is 4.35. The van der Waals surface area contributed by atoms with Gasteiger partial charge >= 0.3 is 0 Å². The first-order valence-electron chi connectivity index (χ1n) is 7.83. The maximum absolute atomic E-state index is 13.8. The molecule has 1 heterocycles. The molecule has 24 heavy (non-hydrogen) atoms. The molecule has 0 saturated carbocycles. The normalized spacial score (nSPS) is 21.7. The summed E-state index contributed by atoms with van der Waals surface area (Å²) in [6.45, 7) is 7.85. The van der Waals surface area contributed by atoms with Gasteiger partial charge in [0.25, 0.3) is 0 Å². The first-order valence-corrected chi connectivity index (χ1v) is 9.53. The van der Waals surface area contributed by atoms with E-state index in [1.54, 1.807) is 11.0 Å². The van der Waals surface area contributed by atoms with Crippen LogP contribution in [0, 0.1) is 5.82 Å². The van der Waals surface area contributed by atoms with Crippen molar-refractivity contribution in [2.45, 2.75) is 44.5 Å². The number of morpholine rings is 1. The van der Waals surface area contributed by atoms with E-state index in [9.17, 15) is 13.4 Å². The topological polar surface area (TPSA) is 46.6 Å². The van der Waals surface area contributed by atoms with E-state index in [0.717, 1.165) is 0 Å². The second kappa shape index (κ2) is 7.50. The lowest BCUT2D eigenvalue weighted by Crippen LogP contribution is -2.51. The Hall–Kier alpha value is -0.980. The summed E-state index contributed by atoms with van der Waals surface area (Å²) in [5, 5.41) is 0.0373. The van der Waals surface area contributed by atoms with Crippen LogP contribution >= 0.6 is 11.6 Å². The van der Waals surface area contributed by atoms with Gasteiger partial charge in [-0.05, 0) is 45.4 Å². The number of ether oxygens (including phenoxy) is 1. The van der Waals surface area contributed by atoms with Crippen LogP contribution in [0.25, 0.3) is 0 Å². The largest absolute Gasteiger partial charge is 0.369 e. The van der Waals surface area contributed by atoms with Crippen LogP contribution in [0.3, 0.4) is 0 Å². The zero-order valence-corrected chi connectivity index (χ0v) is 15.9. The zero-order valence-electron chi connectivity index (χ0n) is 14.3. The van der Waals surface area contributed by atoms with Crippen molar-refractivity contribution in [1.82, 2.24) is 4.90 Å². The summed E-state index contributed by atoms with van der Waals surface area (Å²) in [6, 6.07) is 3.84. The molecule has 0 radical (unpaired) electrons. The van der Waals surface area contributed by atoms with E-state index in [2.05, 4.69) is 0 Å². The highest BCUT2D eigenvalue weighted by molar-refractivity contribution is 7.86. The van der Waals surface area contributed by atoms with Crippen LogP contribution in [0.4, 0.5) is 4.39 Å². The Labute approximate surface area is 149 Å². The molecule has 7 heteroatoms. The number of rotatable bonds is 4. The lowest BCUT2D eigenvalue weighted by atomic mass is 10.0. The molecule has 1 amide bonds. The number of hydrogen-bond donors (Lipinski definition) is 0. The Kier molecular flexibility index (Phi) is 6.04. The SMILES string of the molecule is CC(CS(=O)C(C)(C)C)N1C(=O)COCC1c1ccc(Cl)c(F)c1. The van der Waals surface area contributed by atoms with Crippen molar-refractivity contribution < 1.29 is 18.1 Å². The van der Waals surface area contributed by atoms with Crippen LogP contribution < -0.4 is 0 Å². The van der Waals surface area contributed by atoms with Crippen molar-refractivity contribution in [3.8, 4) is 0 Å². The third-order valence-electron chi connectivity index (χ3n) is 4.00. The number of hydrogen-bond acceptors (Lipinski definition) is 3. The Morgan fingerprint density at radius 2 is 2.12 bits per heavy atom. The molecule has 0 aromatic heterocycles. The van der Waals surface area contributed by atoms with Crippen molar-refractivity contribution in [1.29, 1.82) is 0 Å². The Balaban J connectivity index is 2.27. The number of carbonyl (C=O) groups excluding carboxylic acids is 1. The molecule has 134 valence electrons. The molecule has 3 unspecified atom stereocenters. The van der Waals surface area contributed by atoms with Gasteiger partial charge in [-0.3, -0.25) is 9.00 Å². The van der Waals surface area contributed by atoms with Crippen molar-refractivity contribution in [3.05, 3.63) is 34.6 Å². The molecular formula is C17H23ClFNO3S. The van der Waals surface area contributed by atoms with Gasteiger partial charge in [-0.15, -0.1) is 0 Å². The molecule has 3 atom stereocenters. The van der Waals surface area contributed by atoms with Crippen molar-refractivity contribution in [2.75, 3.05) is 19.0 Å². The molecule has 0 aliphatic carbocycles. The highest BCUT2D eigenvalue weighted by Gasteiger charge is 2.35. The van der Waals surface area contributed by atoms with Crippen molar-refractivity contribution >= 4 is 28.3 Å². The fraction of sp³-hybridized carbons (Fsp3) is 0.588. The van der Waals surface area contributed by atoms with E-state index in [0.29, 0.717) is 11.3 Å². The van der Waals surface area contributed by atoms with Crippen molar-refractivity contribution in [3.63, 3.8) is 0 Å². The van der Waals surface area contributed by atoms with E-state index in [1.165, 1.54) is 12.1 Å². The monoisotopic (exact) mass is 375 g/mol. The first kappa shape index (κ1) is 19.3. The van der Waals surface area contributed by atoms with Gasteiger partial charge in [-0.1, -0.05) is 17.7 Å². The average Bonchev–Trinajstić information content (AvgIpc) is 2.48. The molecule has 4 nitrogen and oxygen atoms in total. The molecule has 0 bridgehead atoms. The van der Waals surface area contributed by atoms with Gasteiger partial charge in [0.2, 0.25) is 5.91 Å². The van der Waals surface area contributed by atoms with Crippen LogP contribution in [0.1, 0.15) is 39.3 Å². The summed E-state index contributed by atoms with van der Waals surface area (Å²) >= 11 is 5.74. The molecule has 0 N–H and O–H groups in total. The maximum atomic E-state index is 13.8. The summed E-state index contributed by atoms with van der Waals surface area (Å²) < 4.78 is 31.2. The van der Waals surface area contributed by atoms with Crippen LogP contribution in [-0.4, -0.2) is 44.8 Å². The van der Waals surface area contributed by atoms with Crippen LogP contribution in [0.2, 0.25) is 5.02 Å². The standard InChI is InChI=1S/C17H23ClFNO3S/c1-11(10-24(22)17(2,3)4)20-15(8-23-9-16(20)21)12-5-6-13(18)14(19)7-12/h5-7,11,15H,8-10H2,1-4H3. The van der Waals surface area contributed by atoms with Gasteiger partial charge in [-0.25, -0.2) is 4.39 Å². The number of nitrogens with zero attached hydrogens (tertiary/aromatic N) is 1. The Bertz CT molecular complexity index is 647. The van der Waals surface area contributed by atoms with Gasteiger partial charge in [0.05, 0.1) is 17.7 Å². The number of carbonyl (C=O) groups is 1. The lowest BCUT2D eigenvalue weighted by Gasteiger charge is -2.40. The number of halogens is 2. The maximum Gasteiger partial charge on any atom is 0.249 e. The number of benzene rings is 1. The van der Waals surface area contributed by atoms with E-state index in [1.807, 2.05) is 27.7 Å². The predicted molar refractivity (Wildman–Crippen MR) is 94.0 cm³/mol. The minimum absolute atomic E-state index is 0.0148. The summed E-state index contributed by atoms with van der Waals surface area (Å²) in [4.78, 5) is 14.0. The van der Waals surface area contributed by atoms with Gasteiger partial charge in [0.15, 0.2) is 0 Å². The summed E-state index contributed by atoms with van der Waals surface area (Å²) in [5.74, 6) is -0.347. The average molecular weight is 376 g/mol. The van der Waals surface area contributed by atoms with Crippen LogP contribution in [-0.2, 0) is 20.3 Å². The fourth-order valence-corrected chi connectivity index (χ4v) is 3.88. The highest BCUT2D eigenvalue weighted by atomic mass is 35.5. The molecule has 1 fully saturated rings. The molecule has 1 aliphatic heterocycles. The zero-order chi connectivity index (χ0) is 18.1. The third-order valence-corrected chi connectivity index (χ3v) is 6.46. The minimum atomic E-state index is -1.09. The summed E-state index contributed by atoms with van der Waals surface area (Å²) in [6.07, 6.45) is 0. The quantitative estimate of drug-likeness (QED) is 0.811. The van der Waals surface area contributed by atoms with Gasteiger partial charge in [0, 0.05) is 27.3 Å². The van der Waals surface area contributed by atoms with Crippen LogP contribution in [0.5, 0.6) is 0 Å². The van der Waals surface area contributed by atoms with Gasteiger partial charge in [-0.2, -0.15) is 0 Å². The van der Waals surface area contributed by atoms with Crippen LogP contribution in [0.15, 0.2) is 18.2 Å². The summed E-state index contributed by atoms with van der Waals surface area (Å²) in [7, 11) is -1.09. The summed E-state index contributed by atoms with van der Waals surface area (Å²) in [5.41, 5.74) is 0.623. The molecule has 1 aromatic rings. The molecule has 0 spiro atoms. The molecule has 1 aliphatic rings. The molecular weight excluding hydrogens is 353 g/mol. The second-order valence-corrected chi connectivity index (χ2v) is 9.64. The Morgan fingerprint density at radius 3 is 2.71 bits per heavy atom. The highest BCUT2D eigenvalue weighted by Crippen LogP contribution is 2.30. The smallest absolute Gasteiger partial charge is 0.249 e.